The van der Waals surface area contributed by atoms with E-state index in [1.165, 1.54) is 11.1 Å². The van der Waals surface area contributed by atoms with E-state index in [4.69, 9.17) is 0 Å². The molecule has 1 aromatic rings. The van der Waals surface area contributed by atoms with Crippen LogP contribution in [0.5, 0.6) is 0 Å². The second-order valence-corrected chi connectivity index (χ2v) is 4.78. The van der Waals surface area contributed by atoms with Gasteiger partial charge in [-0.1, -0.05) is 24.3 Å². The van der Waals surface area contributed by atoms with Crippen LogP contribution in [-0.4, -0.2) is 31.4 Å². The molecular weight excluding hydrogens is 212 g/mol. The monoisotopic (exact) mass is 232 g/mol. The Hall–Kier alpha value is -1.35. The predicted molar refractivity (Wildman–Crippen MR) is 68.8 cm³/mol. The van der Waals surface area contributed by atoms with Crippen molar-refractivity contribution in [3.63, 3.8) is 0 Å². The Morgan fingerprint density at radius 3 is 2.94 bits per heavy atom. The number of rotatable bonds is 3. The molecule has 0 fully saturated rings. The second kappa shape index (κ2) is 5.32. The first-order valence-electron chi connectivity index (χ1n) is 6.20. The number of nitrogens with zero attached hydrogens (tertiary/aromatic N) is 1. The summed E-state index contributed by atoms with van der Waals surface area (Å²) in [6.45, 7) is 1.01. The SMILES string of the molecule is CN(C)C(=O)CCC1NCCc2ccccc21. The number of nitrogens with one attached hydrogen (secondary N) is 1. The fraction of sp³-hybridized carbons (Fsp3) is 0.500. The van der Waals surface area contributed by atoms with Gasteiger partial charge in [0.1, 0.15) is 0 Å². The van der Waals surface area contributed by atoms with Gasteiger partial charge in [0, 0.05) is 26.6 Å². The van der Waals surface area contributed by atoms with Crippen molar-refractivity contribution in [2.45, 2.75) is 25.3 Å². The van der Waals surface area contributed by atoms with E-state index in [1.54, 1.807) is 4.90 Å². The van der Waals surface area contributed by atoms with Gasteiger partial charge in [-0.05, 0) is 30.5 Å². The molecule has 1 aromatic carbocycles. The van der Waals surface area contributed by atoms with Gasteiger partial charge in [-0.3, -0.25) is 4.79 Å². The highest BCUT2D eigenvalue weighted by Gasteiger charge is 2.19. The second-order valence-electron chi connectivity index (χ2n) is 4.78. The van der Waals surface area contributed by atoms with Crippen LogP contribution < -0.4 is 5.32 Å². The molecule has 17 heavy (non-hydrogen) atoms. The topological polar surface area (TPSA) is 32.3 Å². The molecular formula is C14H20N2O. The average Bonchev–Trinajstić information content (AvgIpc) is 2.35. The summed E-state index contributed by atoms with van der Waals surface area (Å²) in [7, 11) is 3.62. The zero-order valence-corrected chi connectivity index (χ0v) is 10.6. The lowest BCUT2D eigenvalue weighted by molar-refractivity contribution is -0.128. The Morgan fingerprint density at radius 2 is 2.18 bits per heavy atom. The van der Waals surface area contributed by atoms with E-state index >= 15 is 0 Å². The van der Waals surface area contributed by atoms with E-state index in [0.29, 0.717) is 12.5 Å². The summed E-state index contributed by atoms with van der Waals surface area (Å²) >= 11 is 0. The molecule has 1 atom stereocenters. The highest BCUT2D eigenvalue weighted by Crippen LogP contribution is 2.26. The maximum Gasteiger partial charge on any atom is 0.222 e. The van der Waals surface area contributed by atoms with Crippen LogP contribution in [0.3, 0.4) is 0 Å². The van der Waals surface area contributed by atoms with Crippen LogP contribution in [0.15, 0.2) is 24.3 Å². The van der Waals surface area contributed by atoms with Crippen LogP contribution in [0.1, 0.15) is 30.0 Å². The van der Waals surface area contributed by atoms with Gasteiger partial charge in [-0.25, -0.2) is 0 Å². The van der Waals surface area contributed by atoms with Gasteiger partial charge in [0.15, 0.2) is 0 Å². The zero-order chi connectivity index (χ0) is 12.3. The summed E-state index contributed by atoms with van der Waals surface area (Å²) < 4.78 is 0. The smallest absolute Gasteiger partial charge is 0.222 e. The molecule has 1 heterocycles. The number of benzene rings is 1. The van der Waals surface area contributed by atoms with Gasteiger partial charge >= 0.3 is 0 Å². The number of carbonyl (C=O) groups excluding carboxylic acids is 1. The Bertz CT molecular complexity index is 401. The first-order chi connectivity index (χ1) is 8.18. The Morgan fingerprint density at radius 1 is 1.41 bits per heavy atom. The van der Waals surface area contributed by atoms with Crippen molar-refractivity contribution in [1.82, 2.24) is 10.2 Å². The van der Waals surface area contributed by atoms with Gasteiger partial charge in [0.25, 0.3) is 0 Å². The third-order valence-corrected chi connectivity index (χ3v) is 3.36. The maximum absolute atomic E-state index is 11.6. The van der Waals surface area contributed by atoms with Crippen molar-refractivity contribution in [2.24, 2.45) is 0 Å². The molecule has 1 aliphatic heterocycles. The van der Waals surface area contributed by atoms with Gasteiger partial charge in [0.05, 0.1) is 0 Å². The number of hydrogen-bond acceptors (Lipinski definition) is 2. The summed E-state index contributed by atoms with van der Waals surface area (Å²) in [5.74, 6) is 0.204. The molecule has 1 N–H and O–H groups in total. The van der Waals surface area contributed by atoms with Crippen molar-refractivity contribution < 1.29 is 4.79 Å². The molecule has 1 amide bonds. The summed E-state index contributed by atoms with van der Waals surface area (Å²) in [6, 6.07) is 8.87. The van der Waals surface area contributed by atoms with Crippen LogP contribution in [0, 0.1) is 0 Å². The molecule has 0 aromatic heterocycles. The molecule has 92 valence electrons. The Balaban J connectivity index is 2.01. The van der Waals surface area contributed by atoms with Crippen molar-refractivity contribution in [2.75, 3.05) is 20.6 Å². The molecule has 2 rings (SSSR count). The van der Waals surface area contributed by atoms with Crippen molar-refractivity contribution in [3.05, 3.63) is 35.4 Å². The van der Waals surface area contributed by atoms with Gasteiger partial charge in [-0.15, -0.1) is 0 Å². The summed E-state index contributed by atoms with van der Waals surface area (Å²) in [4.78, 5) is 13.3. The highest BCUT2D eigenvalue weighted by molar-refractivity contribution is 5.75. The lowest BCUT2D eigenvalue weighted by atomic mass is 9.91. The fourth-order valence-electron chi connectivity index (χ4n) is 2.34. The van der Waals surface area contributed by atoms with E-state index in [-0.39, 0.29) is 5.91 Å². The van der Waals surface area contributed by atoms with Crippen molar-refractivity contribution in [3.8, 4) is 0 Å². The lowest BCUT2D eigenvalue weighted by Crippen LogP contribution is -2.31. The minimum Gasteiger partial charge on any atom is -0.349 e. The molecule has 3 heteroatoms. The summed E-state index contributed by atoms with van der Waals surface area (Å²) in [5, 5.41) is 3.50. The summed E-state index contributed by atoms with van der Waals surface area (Å²) in [6.07, 6.45) is 2.58. The largest absolute Gasteiger partial charge is 0.349 e. The van der Waals surface area contributed by atoms with E-state index in [1.807, 2.05) is 14.1 Å². The highest BCUT2D eigenvalue weighted by atomic mass is 16.2. The average molecular weight is 232 g/mol. The van der Waals surface area contributed by atoms with Crippen LogP contribution in [-0.2, 0) is 11.2 Å². The van der Waals surface area contributed by atoms with Gasteiger partial charge < -0.3 is 10.2 Å². The molecule has 0 bridgehead atoms. The van der Waals surface area contributed by atoms with E-state index < -0.39 is 0 Å². The first-order valence-corrected chi connectivity index (χ1v) is 6.20. The number of hydrogen-bond donors (Lipinski definition) is 1. The zero-order valence-electron chi connectivity index (χ0n) is 10.6. The van der Waals surface area contributed by atoms with Crippen LogP contribution >= 0.6 is 0 Å². The molecule has 1 aliphatic rings. The molecule has 0 aliphatic carbocycles. The lowest BCUT2D eigenvalue weighted by Gasteiger charge is -2.27. The van der Waals surface area contributed by atoms with Gasteiger partial charge in [0.2, 0.25) is 5.91 Å². The fourth-order valence-corrected chi connectivity index (χ4v) is 2.34. The van der Waals surface area contributed by atoms with Crippen molar-refractivity contribution in [1.29, 1.82) is 0 Å². The van der Waals surface area contributed by atoms with Crippen LogP contribution in [0.25, 0.3) is 0 Å². The minimum atomic E-state index is 0.204. The first kappa shape index (κ1) is 12.1. The quantitative estimate of drug-likeness (QED) is 0.861. The minimum absolute atomic E-state index is 0.204. The van der Waals surface area contributed by atoms with Crippen LogP contribution in [0.2, 0.25) is 0 Å². The molecule has 0 saturated heterocycles. The van der Waals surface area contributed by atoms with E-state index in [9.17, 15) is 4.79 Å². The molecule has 3 nitrogen and oxygen atoms in total. The number of fused-ring (bicyclic) bond motifs is 1. The Labute approximate surface area is 103 Å². The standard InChI is InChI=1S/C14H20N2O/c1-16(2)14(17)8-7-13-12-6-4-3-5-11(12)9-10-15-13/h3-6,13,15H,7-10H2,1-2H3. The molecule has 0 saturated carbocycles. The molecule has 1 unspecified atom stereocenters. The third kappa shape index (κ3) is 2.86. The Kier molecular flexibility index (Phi) is 3.79. The summed E-state index contributed by atoms with van der Waals surface area (Å²) in [5.41, 5.74) is 2.79. The van der Waals surface area contributed by atoms with Gasteiger partial charge in [-0.2, -0.15) is 0 Å². The van der Waals surface area contributed by atoms with E-state index in [2.05, 4.69) is 29.6 Å². The predicted octanol–water partition coefficient (Wildman–Crippen LogP) is 1.74. The number of carbonyl (C=O) groups is 1. The van der Waals surface area contributed by atoms with E-state index in [0.717, 1.165) is 19.4 Å². The maximum atomic E-state index is 11.6. The normalized spacial score (nSPS) is 18.6. The number of amides is 1. The molecule has 0 spiro atoms. The van der Waals surface area contributed by atoms with Crippen LogP contribution in [0.4, 0.5) is 0 Å². The third-order valence-electron chi connectivity index (χ3n) is 3.36. The molecule has 0 radical (unpaired) electrons. The van der Waals surface area contributed by atoms with Crippen molar-refractivity contribution >= 4 is 5.91 Å².